The van der Waals surface area contributed by atoms with E-state index >= 15 is 0 Å². The molecule has 1 aromatic rings. The molecule has 2 heterocycles. The minimum atomic E-state index is 0.451. The Morgan fingerprint density at radius 3 is 3.12 bits per heavy atom. The second-order valence-electron chi connectivity index (χ2n) is 4.01. The largest absolute Gasteiger partial charge is 0.383 e. The lowest BCUT2D eigenvalue weighted by Crippen LogP contribution is -2.24. The van der Waals surface area contributed by atoms with Crippen molar-refractivity contribution in [3.05, 3.63) is 24.0 Å². The fourth-order valence-corrected chi connectivity index (χ4v) is 1.80. The molecule has 0 amide bonds. The number of hydrogen-bond acceptors (Lipinski definition) is 4. The van der Waals surface area contributed by atoms with E-state index in [1.54, 1.807) is 12.3 Å². The highest BCUT2D eigenvalue weighted by atomic mass is 16.5. The maximum Gasteiger partial charge on any atom is 0.140 e. The number of nitriles is 1. The van der Waals surface area contributed by atoms with Gasteiger partial charge in [0.15, 0.2) is 0 Å². The molecule has 1 fully saturated rings. The Kier molecular flexibility index (Phi) is 3.73. The lowest BCUT2D eigenvalue weighted by Gasteiger charge is -2.22. The summed E-state index contributed by atoms with van der Waals surface area (Å²) in [4.78, 5) is 4.01. The SMILES string of the molecule is N#Cc1ccc(NCC2CCCOC2)cn1. The number of nitrogens with zero attached hydrogens (tertiary/aromatic N) is 2. The van der Waals surface area contributed by atoms with Gasteiger partial charge in [0.25, 0.3) is 0 Å². The molecule has 1 atom stereocenters. The lowest BCUT2D eigenvalue weighted by molar-refractivity contribution is 0.0595. The number of anilines is 1. The van der Waals surface area contributed by atoms with E-state index in [1.807, 2.05) is 12.1 Å². The van der Waals surface area contributed by atoms with E-state index in [4.69, 9.17) is 10.00 Å². The fourth-order valence-electron chi connectivity index (χ4n) is 1.80. The Bertz CT molecular complexity index is 363. The van der Waals surface area contributed by atoms with Crippen molar-refractivity contribution in [3.63, 3.8) is 0 Å². The summed E-state index contributed by atoms with van der Waals surface area (Å²) in [7, 11) is 0. The fraction of sp³-hybridized carbons (Fsp3) is 0.500. The van der Waals surface area contributed by atoms with Crippen LogP contribution in [0.4, 0.5) is 5.69 Å². The van der Waals surface area contributed by atoms with Gasteiger partial charge in [-0.25, -0.2) is 4.98 Å². The third kappa shape index (κ3) is 2.94. The molecular formula is C12H15N3O. The van der Waals surface area contributed by atoms with E-state index in [2.05, 4.69) is 10.3 Å². The second kappa shape index (κ2) is 5.47. The smallest absolute Gasteiger partial charge is 0.140 e. The Labute approximate surface area is 95.3 Å². The maximum absolute atomic E-state index is 8.61. The van der Waals surface area contributed by atoms with Crippen LogP contribution in [0.15, 0.2) is 18.3 Å². The molecule has 0 bridgehead atoms. The molecule has 16 heavy (non-hydrogen) atoms. The molecule has 84 valence electrons. The summed E-state index contributed by atoms with van der Waals surface area (Å²) < 4.78 is 5.41. The molecule has 1 unspecified atom stereocenters. The number of ether oxygens (including phenoxy) is 1. The Morgan fingerprint density at radius 2 is 2.50 bits per heavy atom. The summed E-state index contributed by atoms with van der Waals surface area (Å²) in [5.41, 5.74) is 1.41. The third-order valence-electron chi connectivity index (χ3n) is 2.73. The van der Waals surface area contributed by atoms with Crippen molar-refractivity contribution in [3.8, 4) is 6.07 Å². The highest BCUT2D eigenvalue weighted by molar-refractivity contribution is 5.42. The van der Waals surface area contributed by atoms with Crippen molar-refractivity contribution in [2.24, 2.45) is 5.92 Å². The molecule has 0 aliphatic carbocycles. The van der Waals surface area contributed by atoms with E-state index in [1.165, 1.54) is 6.42 Å². The average Bonchev–Trinajstić information content (AvgIpc) is 2.38. The number of nitrogens with one attached hydrogen (secondary N) is 1. The first-order valence-electron chi connectivity index (χ1n) is 5.56. The van der Waals surface area contributed by atoms with Crippen molar-refractivity contribution >= 4 is 5.69 Å². The normalized spacial score (nSPS) is 20.1. The van der Waals surface area contributed by atoms with Gasteiger partial charge in [0.05, 0.1) is 18.5 Å². The molecule has 2 rings (SSSR count). The van der Waals surface area contributed by atoms with Gasteiger partial charge in [0.1, 0.15) is 11.8 Å². The van der Waals surface area contributed by atoms with Gasteiger partial charge in [-0.3, -0.25) is 0 Å². The molecule has 4 heteroatoms. The van der Waals surface area contributed by atoms with Crippen molar-refractivity contribution in [2.45, 2.75) is 12.8 Å². The first-order chi connectivity index (χ1) is 7.88. The molecule has 0 aromatic carbocycles. The highest BCUT2D eigenvalue weighted by Crippen LogP contribution is 2.14. The van der Waals surface area contributed by atoms with E-state index in [9.17, 15) is 0 Å². The number of rotatable bonds is 3. The van der Waals surface area contributed by atoms with Crippen molar-refractivity contribution in [1.82, 2.24) is 4.98 Å². The third-order valence-corrected chi connectivity index (χ3v) is 2.73. The minimum Gasteiger partial charge on any atom is -0.383 e. The van der Waals surface area contributed by atoms with Gasteiger partial charge in [-0.15, -0.1) is 0 Å². The first kappa shape index (κ1) is 10.9. The highest BCUT2D eigenvalue weighted by Gasteiger charge is 2.13. The quantitative estimate of drug-likeness (QED) is 0.838. The molecule has 1 N–H and O–H groups in total. The van der Waals surface area contributed by atoms with Crippen LogP contribution in [0, 0.1) is 17.2 Å². The van der Waals surface area contributed by atoms with Gasteiger partial charge in [0.2, 0.25) is 0 Å². The van der Waals surface area contributed by atoms with Crippen molar-refractivity contribution in [2.75, 3.05) is 25.1 Å². The van der Waals surface area contributed by atoms with E-state index in [0.717, 1.165) is 31.9 Å². The van der Waals surface area contributed by atoms with Crippen molar-refractivity contribution in [1.29, 1.82) is 5.26 Å². The van der Waals surface area contributed by atoms with Gasteiger partial charge in [-0.05, 0) is 30.9 Å². The Hall–Kier alpha value is -1.60. The van der Waals surface area contributed by atoms with Crippen LogP contribution < -0.4 is 5.32 Å². The average molecular weight is 217 g/mol. The summed E-state index contributed by atoms with van der Waals surface area (Å²) in [6.07, 6.45) is 4.07. The molecule has 1 aliphatic heterocycles. The predicted octanol–water partition coefficient (Wildman–Crippen LogP) is 1.79. The van der Waals surface area contributed by atoms with E-state index in [-0.39, 0.29) is 0 Å². The molecule has 0 spiro atoms. The summed E-state index contributed by atoms with van der Waals surface area (Å²) in [6.45, 7) is 2.65. The minimum absolute atomic E-state index is 0.451. The first-order valence-corrected chi connectivity index (χ1v) is 5.56. The zero-order valence-corrected chi connectivity index (χ0v) is 9.15. The van der Waals surface area contributed by atoms with E-state index in [0.29, 0.717) is 11.6 Å². The molecule has 4 nitrogen and oxygen atoms in total. The van der Waals surface area contributed by atoms with Crippen LogP contribution in [0.3, 0.4) is 0 Å². The zero-order valence-electron chi connectivity index (χ0n) is 9.15. The summed E-state index contributed by atoms with van der Waals surface area (Å²) in [5, 5.41) is 11.9. The predicted molar refractivity (Wildman–Crippen MR) is 61.0 cm³/mol. The molecule has 1 aromatic heterocycles. The standard InChI is InChI=1S/C12H15N3O/c13-6-11-3-4-12(8-15-11)14-7-10-2-1-5-16-9-10/h3-4,8,10,14H,1-2,5,7,9H2. The molecule has 1 saturated heterocycles. The van der Waals surface area contributed by atoms with E-state index < -0.39 is 0 Å². The number of aromatic nitrogens is 1. The molecule has 1 aliphatic rings. The van der Waals surface area contributed by atoms with Gasteiger partial charge < -0.3 is 10.1 Å². The summed E-state index contributed by atoms with van der Waals surface area (Å²) in [5.74, 6) is 0.587. The maximum atomic E-state index is 8.61. The van der Waals surface area contributed by atoms with Crippen LogP contribution in [0.1, 0.15) is 18.5 Å². The Morgan fingerprint density at radius 1 is 1.56 bits per heavy atom. The van der Waals surface area contributed by atoms with Crippen molar-refractivity contribution < 1.29 is 4.74 Å². The van der Waals surface area contributed by atoms with Gasteiger partial charge in [-0.2, -0.15) is 5.26 Å². The zero-order chi connectivity index (χ0) is 11.2. The van der Waals surface area contributed by atoms with Crippen LogP contribution in [0.2, 0.25) is 0 Å². The topological polar surface area (TPSA) is 57.9 Å². The summed E-state index contributed by atoms with van der Waals surface area (Å²) in [6, 6.07) is 5.61. The Balaban J connectivity index is 1.82. The lowest BCUT2D eigenvalue weighted by atomic mass is 10.0. The monoisotopic (exact) mass is 217 g/mol. The van der Waals surface area contributed by atoms with Gasteiger partial charge in [-0.1, -0.05) is 0 Å². The molecule has 0 radical (unpaired) electrons. The van der Waals surface area contributed by atoms with Crippen LogP contribution in [-0.2, 0) is 4.74 Å². The number of hydrogen-bond donors (Lipinski definition) is 1. The van der Waals surface area contributed by atoms with Crippen LogP contribution in [-0.4, -0.2) is 24.7 Å². The van der Waals surface area contributed by atoms with Crippen LogP contribution >= 0.6 is 0 Å². The van der Waals surface area contributed by atoms with Crippen LogP contribution in [0.5, 0.6) is 0 Å². The summed E-state index contributed by atoms with van der Waals surface area (Å²) >= 11 is 0. The van der Waals surface area contributed by atoms with Gasteiger partial charge in [0, 0.05) is 13.2 Å². The molecular weight excluding hydrogens is 202 g/mol. The van der Waals surface area contributed by atoms with Gasteiger partial charge >= 0.3 is 0 Å². The second-order valence-corrected chi connectivity index (χ2v) is 4.01. The number of pyridine rings is 1. The molecule has 0 saturated carbocycles. The van der Waals surface area contributed by atoms with Crippen LogP contribution in [0.25, 0.3) is 0 Å².